The first kappa shape index (κ1) is 21.7. The van der Waals surface area contributed by atoms with Crippen molar-refractivity contribution in [2.75, 3.05) is 20.2 Å². The third-order valence-electron chi connectivity index (χ3n) is 3.63. The summed E-state index contributed by atoms with van der Waals surface area (Å²) >= 11 is 0. The molecule has 2 amide bonds. The Balaban J connectivity index is 2.53. The Labute approximate surface area is 155 Å². The molecule has 0 atom stereocenters. The van der Waals surface area contributed by atoms with Crippen molar-refractivity contribution in [2.45, 2.75) is 52.5 Å². The molecule has 0 aliphatic rings. The van der Waals surface area contributed by atoms with E-state index < -0.39 is 18.5 Å². The fourth-order valence-electron chi connectivity index (χ4n) is 2.19. The van der Waals surface area contributed by atoms with Gasteiger partial charge in [0.15, 0.2) is 6.61 Å². The molecule has 0 spiro atoms. The number of carbonyl (C=O) groups is 3. The minimum atomic E-state index is -0.564. The van der Waals surface area contributed by atoms with Crippen LogP contribution >= 0.6 is 0 Å². The first-order chi connectivity index (χ1) is 11.8. The molecule has 26 heavy (non-hydrogen) atoms. The lowest BCUT2D eigenvalue weighted by molar-refractivity contribution is -0.137. The number of nitrogens with zero attached hydrogens (tertiary/aromatic N) is 1. The largest absolute Gasteiger partial charge is 0.452 e. The summed E-state index contributed by atoms with van der Waals surface area (Å²) in [4.78, 5) is 37.2. The topological polar surface area (TPSA) is 75.7 Å². The number of benzene rings is 1. The Morgan fingerprint density at radius 3 is 2.00 bits per heavy atom. The number of amides is 2. The monoisotopic (exact) mass is 362 g/mol. The molecule has 0 fully saturated rings. The van der Waals surface area contributed by atoms with Gasteiger partial charge in [-0.15, -0.1) is 0 Å². The summed E-state index contributed by atoms with van der Waals surface area (Å²) < 4.78 is 5.06. The van der Waals surface area contributed by atoms with Gasteiger partial charge in [0.2, 0.25) is 5.91 Å². The lowest BCUT2D eigenvalue weighted by atomic mass is 9.87. The van der Waals surface area contributed by atoms with Crippen molar-refractivity contribution in [1.82, 2.24) is 10.2 Å². The molecule has 6 nitrogen and oxygen atoms in total. The highest BCUT2D eigenvalue weighted by Gasteiger charge is 2.19. The van der Waals surface area contributed by atoms with E-state index in [1.807, 2.05) is 32.9 Å². The number of carbonyl (C=O) groups excluding carboxylic acids is 3. The SMILES string of the molecule is CN(CC(=O)NC(C)(C)C)C(=O)COC(=O)c1ccc(C(C)(C)C)cc1. The summed E-state index contributed by atoms with van der Waals surface area (Å²) in [6.45, 7) is 11.4. The first-order valence-corrected chi connectivity index (χ1v) is 8.62. The summed E-state index contributed by atoms with van der Waals surface area (Å²) in [5.41, 5.74) is 1.12. The maximum absolute atomic E-state index is 12.1. The minimum Gasteiger partial charge on any atom is -0.452 e. The molecule has 0 radical (unpaired) electrons. The van der Waals surface area contributed by atoms with Crippen LogP contribution in [-0.4, -0.2) is 48.4 Å². The van der Waals surface area contributed by atoms with Crippen molar-refractivity contribution in [3.8, 4) is 0 Å². The van der Waals surface area contributed by atoms with E-state index in [1.54, 1.807) is 12.1 Å². The van der Waals surface area contributed by atoms with Crippen LogP contribution in [0.1, 0.15) is 57.5 Å². The molecular formula is C20H30N2O4. The van der Waals surface area contributed by atoms with Gasteiger partial charge in [-0.2, -0.15) is 0 Å². The van der Waals surface area contributed by atoms with Gasteiger partial charge in [-0.25, -0.2) is 4.79 Å². The minimum absolute atomic E-state index is 0.00522. The number of hydrogen-bond donors (Lipinski definition) is 1. The van der Waals surface area contributed by atoms with Gasteiger partial charge in [-0.05, 0) is 43.9 Å². The van der Waals surface area contributed by atoms with Crippen LogP contribution in [0.3, 0.4) is 0 Å². The van der Waals surface area contributed by atoms with Crippen LogP contribution in [0.15, 0.2) is 24.3 Å². The number of ether oxygens (including phenoxy) is 1. The van der Waals surface area contributed by atoms with E-state index in [4.69, 9.17) is 4.74 Å². The molecule has 0 saturated heterocycles. The quantitative estimate of drug-likeness (QED) is 0.817. The van der Waals surface area contributed by atoms with Crippen LogP contribution < -0.4 is 5.32 Å². The number of nitrogens with one attached hydrogen (secondary N) is 1. The van der Waals surface area contributed by atoms with Gasteiger partial charge in [0.25, 0.3) is 5.91 Å². The molecule has 1 aromatic rings. The highest BCUT2D eigenvalue weighted by molar-refractivity contribution is 5.92. The number of likely N-dealkylation sites (N-methyl/N-ethyl adjacent to an activating group) is 1. The van der Waals surface area contributed by atoms with Crippen molar-refractivity contribution < 1.29 is 19.1 Å². The van der Waals surface area contributed by atoms with Crippen LogP contribution in [0.25, 0.3) is 0 Å². The fraction of sp³-hybridized carbons (Fsp3) is 0.550. The highest BCUT2D eigenvalue weighted by Crippen LogP contribution is 2.22. The molecule has 0 saturated carbocycles. The second-order valence-corrected chi connectivity index (χ2v) is 8.45. The van der Waals surface area contributed by atoms with E-state index in [9.17, 15) is 14.4 Å². The molecule has 0 heterocycles. The molecule has 6 heteroatoms. The van der Waals surface area contributed by atoms with Gasteiger partial charge < -0.3 is 15.0 Å². The van der Waals surface area contributed by atoms with Crippen LogP contribution in [0.5, 0.6) is 0 Å². The second-order valence-electron chi connectivity index (χ2n) is 8.45. The van der Waals surface area contributed by atoms with Gasteiger partial charge in [-0.3, -0.25) is 9.59 Å². The third-order valence-corrected chi connectivity index (χ3v) is 3.63. The normalized spacial score (nSPS) is 11.7. The molecule has 0 unspecified atom stereocenters. The Kier molecular flexibility index (Phi) is 6.95. The number of rotatable bonds is 5. The molecule has 1 aromatic carbocycles. The summed E-state index contributed by atoms with van der Waals surface area (Å²) in [5, 5.41) is 2.77. The summed E-state index contributed by atoms with van der Waals surface area (Å²) in [5.74, 6) is -1.27. The molecule has 0 aliphatic carbocycles. The predicted octanol–water partition coefficient (Wildman–Crippen LogP) is 2.51. The smallest absolute Gasteiger partial charge is 0.338 e. The zero-order valence-corrected chi connectivity index (χ0v) is 16.8. The van der Waals surface area contributed by atoms with Gasteiger partial charge >= 0.3 is 5.97 Å². The highest BCUT2D eigenvalue weighted by atomic mass is 16.5. The zero-order chi connectivity index (χ0) is 20.1. The van der Waals surface area contributed by atoms with Crippen LogP contribution in [-0.2, 0) is 19.7 Å². The second kappa shape index (κ2) is 8.34. The van der Waals surface area contributed by atoms with E-state index in [0.717, 1.165) is 5.56 Å². The standard InChI is InChI=1S/C20H30N2O4/c1-19(2,3)15-10-8-14(9-11-15)18(25)26-13-17(24)22(7)12-16(23)21-20(4,5)6/h8-11H,12-13H2,1-7H3,(H,21,23). The fourth-order valence-corrected chi connectivity index (χ4v) is 2.19. The zero-order valence-electron chi connectivity index (χ0n) is 16.8. The Bertz CT molecular complexity index is 652. The molecule has 144 valence electrons. The molecule has 1 rings (SSSR count). The third kappa shape index (κ3) is 7.25. The molecule has 1 N–H and O–H groups in total. The predicted molar refractivity (Wildman–Crippen MR) is 101 cm³/mol. The summed E-state index contributed by atoms with van der Waals surface area (Å²) in [7, 11) is 1.50. The maximum atomic E-state index is 12.1. The first-order valence-electron chi connectivity index (χ1n) is 8.62. The summed E-state index contributed by atoms with van der Waals surface area (Å²) in [6.07, 6.45) is 0. The average Bonchev–Trinajstić information content (AvgIpc) is 2.49. The molecule has 0 aromatic heterocycles. The lowest BCUT2D eigenvalue weighted by Crippen LogP contribution is -2.46. The Morgan fingerprint density at radius 1 is 1.00 bits per heavy atom. The van der Waals surface area contributed by atoms with E-state index in [1.165, 1.54) is 11.9 Å². The molecule has 0 bridgehead atoms. The van der Waals surface area contributed by atoms with E-state index in [0.29, 0.717) is 5.56 Å². The Hall–Kier alpha value is -2.37. The van der Waals surface area contributed by atoms with E-state index in [2.05, 4.69) is 26.1 Å². The van der Waals surface area contributed by atoms with Crippen LogP contribution in [0, 0.1) is 0 Å². The average molecular weight is 362 g/mol. The van der Waals surface area contributed by atoms with Gasteiger partial charge in [0.1, 0.15) is 0 Å². The van der Waals surface area contributed by atoms with E-state index >= 15 is 0 Å². The van der Waals surface area contributed by atoms with Crippen molar-refractivity contribution in [3.05, 3.63) is 35.4 Å². The maximum Gasteiger partial charge on any atom is 0.338 e. The van der Waals surface area contributed by atoms with Crippen molar-refractivity contribution in [2.24, 2.45) is 0 Å². The van der Waals surface area contributed by atoms with Gasteiger partial charge in [0.05, 0.1) is 12.1 Å². The van der Waals surface area contributed by atoms with Crippen molar-refractivity contribution >= 4 is 17.8 Å². The van der Waals surface area contributed by atoms with Gasteiger partial charge in [-0.1, -0.05) is 32.9 Å². The Morgan fingerprint density at radius 2 is 1.54 bits per heavy atom. The van der Waals surface area contributed by atoms with Gasteiger partial charge in [0, 0.05) is 12.6 Å². The van der Waals surface area contributed by atoms with Crippen molar-refractivity contribution in [1.29, 1.82) is 0 Å². The molecular weight excluding hydrogens is 332 g/mol. The number of hydrogen-bond acceptors (Lipinski definition) is 4. The van der Waals surface area contributed by atoms with Crippen molar-refractivity contribution in [3.63, 3.8) is 0 Å². The summed E-state index contributed by atoms with van der Waals surface area (Å²) in [6, 6.07) is 7.13. The van der Waals surface area contributed by atoms with Crippen LogP contribution in [0.2, 0.25) is 0 Å². The number of esters is 1. The van der Waals surface area contributed by atoms with Crippen LogP contribution in [0.4, 0.5) is 0 Å². The van der Waals surface area contributed by atoms with E-state index in [-0.39, 0.29) is 23.4 Å². The lowest BCUT2D eigenvalue weighted by Gasteiger charge is -2.23. The molecule has 0 aliphatic heterocycles.